The van der Waals surface area contributed by atoms with Gasteiger partial charge >= 0.3 is 5.97 Å². The number of halogens is 2. The fourth-order valence-corrected chi connectivity index (χ4v) is 3.50. The zero-order valence-corrected chi connectivity index (χ0v) is 13.8. The number of rotatable bonds is 4. The van der Waals surface area contributed by atoms with E-state index in [-0.39, 0.29) is 5.92 Å². The average Bonchev–Trinajstić information content (AvgIpc) is 2.45. The van der Waals surface area contributed by atoms with Crippen LogP contribution in [0.25, 0.3) is 0 Å². The van der Waals surface area contributed by atoms with E-state index in [9.17, 15) is 14.7 Å². The molecule has 1 aliphatic carbocycles. The Balaban J connectivity index is 2.12. The quantitative estimate of drug-likeness (QED) is 0.841. The van der Waals surface area contributed by atoms with Gasteiger partial charge in [0.1, 0.15) is 6.04 Å². The first-order chi connectivity index (χ1) is 9.99. The second-order valence-electron chi connectivity index (χ2n) is 5.31. The maximum Gasteiger partial charge on any atom is 0.326 e. The molecule has 0 saturated heterocycles. The molecular formula is C15H17BrClNO3. The van der Waals surface area contributed by atoms with Gasteiger partial charge in [0, 0.05) is 4.47 Å². The van der Waals surface area contributed by atoms with Crippen LogP contribution in [0.3, 0.4) is 0 Å². The first-order valence-electron chi connectivity index (χ1n) is 6.98. The molecule has 4 nitrogen and oxygen atoms in total. The van der Waals surface area contributed by atoms with Crippen molar-refractivity contribution in [1.29, 1.82) is 0 Å². The summed E-state index contributed by atoms with van der Waals surface area (Å²) in [7, 11) is 0. The summed E-state index contributed by atoms with van der Waals surface area (Å²) in [4.78, 5) is 23.7. The first kappa shape index (κ1) is 16.3. The Kier molecular flexibility index (Phi) is 5.65. The minimum Gasteiger partial charge on any atom is -0.480 e. The molecule has 2 N–H and O–H groups in total. The van der Waals surface area contributed by atoms with E-state index in [0.29, 0.717) is 10.6 Å². The predicted molar refractivity (Wildman–Crippen MR) is 84.6 cm³/mol. The molecule has 114 valence electrons. The highest BCUT2D eigenvalue weighted by Gasteiger charge is 2.31. The second kappa shape index (κ2) is 7.27. The Morgan fingerprint density at radius 2 is 1.95 bits per heavy atom. The average molecular weight is 375 g/mol. The summed E-state index contributed by atoms with van der Waals surface area (Å²) in [6.45, 7) is 0. The highest BCUT2D eigenvalue weighted by atomic mass is 79.9. The van der Waals surface area contributed by atoms with Crippen molar-refractivity contribution in [3.05, 3.63) is 33.3 Å². The monoisotopic (exact) mass is 373 g/mol. The number of hydrogen-bond acceptors (Lipinski definition) is 2. The van der Waals surface area contributed by atoms with Gasteiger partial charge in [0.05, 0.1) is 10.6 Å². The van der Waals surface area contributed by atoms with Gasteiger partial charge in [-0.15, -0.1) is 0 Å². The molecule has 0 heterocycles. The van der Waals surface area contributed by atoms with Crippen molar-refractivity contribution in [3.63, 3.8) is 0 Å². The molecule has 1 amide bonds. The minimum atomic E-state index is -0.983. The molecule has 2 rings (SSSR count). The third kappa shape index (κ3) is 4.20. The van der Waals surface area contributed by atoms with E-state index in [1.54, 1.807) is 18.2 Å². The van der Waals surface area contributed by atoms with Crippen LogP contribution in [0, 0.1) is 5.92 Å². The minimum absolute atomic E-state index is 0.00516. The van der Waals surface area contributed by atoms with Crippen molar-refractivity contribution in [2.24, 2.45) is 5.92 Å². The second-order valence-corrected chi connectivity index (χ2v) is 6.63. The van der Waals surface area contributed by atoms with Crippen LogP contribution in [0.15, 0.2) is 22.7 Å². The number of carbonyl (C=O) groups is 2. The molecule has 0 aliphatic heterocycles. The van der Waals surface area contributed by atoms with E-state index >= 15 is 0 Å². The lowest BCUT2D eigenvalue weighted by Gasteiger charge is -2.28. The van der Waals surface area contributed by atoms with E-state index in [1.165, 1.54) is 0 Å². The Hall–Kier alpha value is -1.07. The van der Waals surface area contributed by atoms with Gasteiger partial charge in [-0.2, -0.15) is 0 Å². The SMILES string of the molecule is O=C(NC(C(=O)O)C1CCCCC1)c1ccc(Br)cc1Cl. The molecule has 1 saturated carbocycles. The van der Waals surface area contributed by atoms with Gasteiger partial charge in [0.25, 0.3) is 5.91 Å². The number of benzene rings is 1. The van der Waals surface area contributed by atoms with Gasteiger partial charge in [-0.1, -0.05) is 46.8 Å². The number of nitrogens with one attached hydrogen (secondary N) is 1. The lowest BCUT2D eigenvalue weighted by molar-refractivity contribution is -0.141. The Bertz CT molecular complexity index is 544. The zero-order chi connectivity index (χ0) is 15.4. The van der Waals surface area contributed by atoms with Crippen LogP contribution < -0.4 is 5.32 Å². The van der Waals surface area contributed by atoms with Crippen molar-refractivity contribution in [3.8, 4) is 0 Å². The number of carboxylic acid groups (broad SMARTS) is 1. The van der Waals surface area contributed by atoms with E-state index in [1.807, 2.05) is 0 Å². The number of amides is 1. The standard InChI is InChI=1S/C15H17BrClNO3/c16-10-6-7-11(12(17)8-10)14(19)18-13(15(20)21)9-4-2-1-3-5-9/h6-9,13H,1-5H2,(H,18,19)(H,20,21). The molecule has 21 heavy (non-hydrogen) atoms. The third-order valence-corrected chi connectivity index (χ3v) is 4.66. The van der Waals surface area contributed by atoms with Crippen LogP contribution in [0.4, 0.5) is 0 Å². The number of hydrogen-bond donors (Lipinski definition) is 2. The molecule has 0 spiro atoms. The Morgan fingerprint density at radius 1 is 1.29 bits per heavy atom. The van der Waals surface area contributed by atoms with Crippen LogP contribution in [0.5, 0.6) is 0 Å². The summed E-state index contributed by atoms with van der Waals surface area (Å²) < 4.78 is 0.770. The topological polar surface area (TPSA) is 66.4 Å². The summed E-state index contributed by atoms with van der Waals surface area (Å²) in [5.41, 5.74) is 0.293. The van der Waals surface area contributed by atoms with Crippen molar-refractivity contribution in [1.82, 2.24) is 5.32 Å². The normalized spacial score (nSPS) is 17.2. The smallest absolute Gasteiger partial charge is 0.326 e. The molecule has 1 unspecified atom stereocenters. The first-order valence-corrected chi connectivity index (χ1v) is 8.15. The lowest BCUT2D eigenvalue weighted by atomic mass is 9.84. The fraction of sp³-hybridized carbons (Fsp3) is 0.467. The van der Waals surface area contributed by atoms with Crippen molar-refractivity contribution in [2.45, 2.75) is 38.1 Å². The molecular weight excluding hydrogens is 358 g/mol. The zero-order valence-electron chi connectivity index (χ0n) is 11.4. The van der Waals surface area contributed by atoms with Gasteiger partial charge < -0.3 is 10.4 Å². The van der Waals surface area contributed by atoms with E-state index in [2.05, 4.69) is 21.2 Å². The number of carbonyl (C=O) groups excluding carboxylic acids is 1. The molecule has 1 fully saturated rings. The predicted octanol–water partition coefficient (Wildman–Crippen LogP) is 3.87. The summed E-state index contributed by atoms with van der Waals surface area (Å²) in [5, 5.41) is 12.3. The van der Waals surface area contributed by atoms with Gasteiger partial charge in [0.2, 0.25) is 0 Å². The largest absolute Gasteiger partial charge is 0.480 e. The third-order valence-electron chi connectivity index (χ3n) is 3.85. The van der Waals surface area contributed by atoms with Crippen LogP contribution in [-0.4, -0.2) is 23.0 Å². The van der Waals surface area contributed by atoms with Crippen LogP contribution >= 0.6 is 27.5 Å². The van der Waals surface area contributed by atoms with E-state index in [0.717, 1.165) is 36.6 Å². The summed E-state index contributed by atoms with van der Waals surface area (Å²) in [6.07, 6.45) is 4.85. The van der Waals surface area contributed by atoms with Gasteiger partial charge in [0.15, 0.2) is 0 Å². The molecule has 0 radical (unpaired) electrons. The van der Waals surface area contributed by atoms with Crippen LogP contribution in [-0.2, 0) is 4.79 Å². The van der Waals surface area contributed by atoms with Gasteiger partial charge in [-0.3, -0.25) is 4.79 Å². The van der Waals surface area contributed by atoms with Crippen molar-refractivity contribution >= 4 is 39.4 Å². The Labute approximate surface area is 137 Å². The van der Waals surface area contributed by atoms with Crippen molar-refractivity contribution < 1.29 is 14.7 Å². The lowest BCUT2D eigenvalue weighted by Crippen LogP contribution is -2.46. The molecule has 1 aromatic carbocycles. The molecule has 1 aromatic rings. The maximum absolute atomic E-state index is 12.3. The highest BCUT2D eigenvalue weighted by Crippen LogP contribution is 2.27. The van der Waals surface area contributed by atoms with E-state index in [4.69, 9.17) is 11.6 Å². The molecule has 0 aromatic heterocycles. The molecule has 1 aliphatic rings. The molecule has 1 atom stereocenters. The van der Waals surface area contributed by atoms with E-state index < -0.39 is 17.9 Å². The summed E-state index contributed by atoms with van der Waals surface area (Å²) >= 11 is 9.31. The molecule has 0 bridgehead atoms. The Morgan fingerprint density at radius 3 is 2.52 bits per heavy atom. The van der Waals surface area contributed by atoms with Crippen LogP contribution in [0.2, 0.25) is 5.02 Å². The summed E-state index contributed by atoms with van der Waals surface area (Å²) in [5.74, 6) is -1.43. The van der Waals surface area contributed by atoms with Gasteiger partial charge in [-0.05, 0) is 37.0 Å². The van der Waals surface area contributed by atoms with Gasteiger partial charge in [-0.25, -0.2) is 4.79 Å². The van der Waals surface area contributed by atoms with Crippen molar-refractivity contribution in [2.75, 3.05) is 0 Å². The highest BCUT2D eigenvalue weighted by molar-refractivity contribution is 9.10. The molecule has 6 heteroatoms. The summed E-state index contributed by atoms with van der Waals surface area (Å²) in [6, 6.07) is 4.06. The van der Waals surface area contributed by atoms with Crippen LogP contribution in [0.1, 0.15) is 42.5 Å². The number of carboxylic acids is 1. The number of aliphatic carboxylic acids is 1. The fourth-order valence-electron chi connectivity index (χ4n) is 2.74. The maximum atomic E-state index is 12.3.